The summed E-state index contributed by atoms with van der Waals surface area (Å²) in [7, 11) is 1.52. The van der Waals surface area contributed by atoms with Gasteiger partial charge in [-0.2, -0.15) is 0 Å². The van der Waals surface area contributed by atoms with Gasteiger partial charge in [0.1, 0.15) is 65.3 Å². The van der Waals surface area contributed by atoms with Gasteiger partial charge in [-0.1, -0.05) is 67.7 Å². The molecule has 0 saturated carbocycles. The quantitative estimate of drug-likeness (QED) is 0.0517. The van der Waals surface area contributed by atoms with Crippen molar-refractivity contribution in [2.45, 2.75) is 201 Å². The minimum Gasteiger partial charge on any atom is -0.508 e. The Morgan fingerprint density at radius 2 is 1.40 bits per heavy atom. The SMILES string of the molecule is CN[C@H](CC(C)C)C(=O)C[C@H]1C(=O)N[C@@H](CC(N)=O)C(=O)C[C@H]2C(=O)N[C@H]3C(=O)C[C@H](C(=O)N[C@H](C(=O)O)c4cc(O)cc(O)c4-c4cc3ccc4O)[C@H](O)c3ccc(c(Cl)c3)Oc3cc2cc(c3O[C@@H]2O[C@H](CO)C(O)[C@H](O)C2OC2C[C@](C)(NC(=O)OC3/C=C/CCCCC3)[C@H](O)[C@H](C)O2)Oc2ccc(cc2Cl)[C@H]1O. The van der Waals surface area contributed by atoms with E-state index in [2.05, 4.69) is 26.6 Å². The molecule has 7 heterocycles. The molecule has 5 aromatic rings. The molecule has 0 spiro atoms. The minimum atomic E-state index is -2.21. The third kappa shape index (κ3) is 18.5. The Hall–Kier alpha value is -9.55. The second kappa shape index (κ2) is 35.2. The highest BCUT2D eigenvalue weighted by Gasteiger charge is 2.53. The summed E-state index contributed by atoms with van der Waals surface area (Å²) in [4.78, 5) is 132. The molecule has 17 N–H and O–H groups in total. The molecule has 1 aliphatic carbocycles. The summed E-state index contributed by atoms with van der Waals surface area (Å²) < 4.78 is 45.0. The molecule has 4 unspecified atom stereocenters. The summed E-state index contributed by atoms with van der Waals surface area (Å²) >= 11 is 14.3. The van der Waals surface area contributed by atoms with Gasteiger partial charge in [-0.05, 0) is 142 Å². The molecule has 2 fully saturated rings. The second-order valence-corrected chi connectivity index (χ2v) is 30.4. The number of nitrogens with one attached hydrogen (secondary N) is 5. The van der Waals surface area contributed by atoms with Crippen molar-refractivity contribution < 1.29 is 127 Å². The van der Waals surface area contributed by atoms with Crippen LogP contribution >= 0.6 is 23.2 Å². The summed E-state index contributed by atoms with van der Waals surface area (Å²) in [5, 5.41) is 129. The first-order valence-electron chi connectivity index (χ1n) is 36.6. The van der Waals surface area contributed by atoms with Crippen LogP contribution in [0.4, 0.5) is 4.79 Å². The first-order chi connectivity index (χ1) is 53.1. The van der Waals surface area contributed by atoms with E-state index in [9.17, 15) is 75.0 Å². The van der Waals surface area contributed by atoms with Crippen molar-refractivity contribution in [2.24, 2.45) is 23.5 Å². The molecular formula is C78H90Cl2N6O26. The lowest BCUT2D eigenvalue weighted by Gasteiger charge is -2.48. The molecule has 602 valence electrons. The van der Waals surface area contributed by atoms with Crippen molar-refractivity contribution in [1.29, 1.82) is 0 Å². The van der Waals surface area contributed by atoms with Gasteiger partial charge in [-0.15, -0.1) is 0 Å². The number of rotatable bonds is 16. The van der Waals surface area contributed by atoms with Crippen LogP contribution in [0.1, 0.15) is 156 Å². The standard InChI is InChI=1S/C78H90Cl2N6O26/c1-33(2)19-48(82-5)51(90)28-44-65(95)36-14-17-55(46(79)21-36)108-57-23-38-24-58(69(57)112-76-70(68(98)67(97)59(32-87)110-76)111-61-31-78(4,71(99)34(3)106-61)86-77(105)107-40-11-9-7-6-8-10-12-40)109-56-18-15-37(22-47(56)80)66(96)45-29-54(93)63(84-72(100)41(38)27-52(91)49(30-60(81)94)83-73(44)101)35-13-16-50(89)42(20-35)62-43(25-39(88)26-53(62)92)64(75(103)104)85-74(45)102/h9,11,13-18,20-26,33-34,40-41,44-45,48-49,59,61,63-68,70-71,76,82,87-89,92,95-99H,6-8,10,12,19,27-32H2,1-5H3,(H2,81,94)(H,83,101)(H,84,100)(H,85,102)(H,86,105)(H,103,104)/b11-9+/t34-,40?,41+,44+,45-,48+,49-,59+,61?,63+,64-,65+,66+,67?,68-,70?,71+,76-,78-/m0/s1. The number of halogens is 2. The Morgan fingerprint density at radius 1 is 0.732 bits per heavy atom. The number of hydrogen-bond acceptors (Lipinski definition) is 26. The topological polar surface area (TPSA) is 507 Å². The largest absolute Gasteiger partial charge is 0.508 e. The van der Waals surface area contributed by atoms with Gasteiger partial charge in [0.2, 0.25) is 35.7 Å². The van der Waals surface area contributed by atoms with Gasteiger partial charge in [0, 0.05) is 48.4 Å². The number of aromatic hydroxyl groups is 3. The fraction of sp³-hybridized carbons (Fsp3) is 0.474. The van der Waals surface area contributed by atoms with E-state index in [1.165, 1.54) is 45.2 Å². The van der Waals surface area contributed by atoms with Crippen LogP contribution in [0.15, 0.2) is 91.0 Å². The van der Waals surface area contributed by atoms with E-state index in [-0.39, 0.29) is 57.5 Å². The molecule has 8 aliphatic rings. The highest BCUT2D eigenvalue weighted by atomic mass is 35.5. The van der Waals surface area contributed by atoms with Crippen LogP contribution in [-0.2, 0) is 57.3 Å². The number of nitrogens with two attached hydrogens (primary N) is 1. The van der Waals surface area contributed by atoms with E-state index in [1.54, 1.807) is 6.08 Å². The Bertz CT molecular complexity index is 4470. The van der Waals surface area contributed by atoms with Gasteiger partial charge in [0.25, 0.3) is 0 Å². The fourth-order valence-corrected chi connectivity index (χ4v) is 15.5. The number of alkyl carbamates (subject to hydrolysis) is 1. The number of likely N-dealkylation sites (N-methyl/N-ethyl adjacent to an activating group) is 1. The molecule has 13 rings (SSSR count). The highest BCUT2D eigenvalue weighted by Crippen LogP contribution is 2.51. The molecule has 7 aliphatic heterocycles. The molecule has 0 radical (unpaired) electrons. The molecule has 0 aromatic heterocycles. The van der Waals surface area contributed by atoms with Gasteiger partial charge < -0.3 is 117 Å². The van der Waals surface area contributed by atoms with E-state index >= 15 is 19.2 Å². The Kier molecular flexibility index (Phi) is 26.2. The Labute approximate surface area is 651 Å². The van der Waals surface area contributed by atoms with Crippen LogP contribution < -0.4 is 46.5 Å². The number of aliphatic hydroxyl groups is 6. The molecule has 11 bridgehead atoms. The summed E-state index contributed by atoms with van der Waals surface area (Å²) in [6.07, 6.45) is -15.8. The second-order valence-electron chi connectivity index (χ2n) is 29.6. The Balaban J connectivity index is 1.12. The van der Waals surface area contributed by atoms with E-state index in [1.807, 2.05) is 19.9 Å². The maximum Gasteiger partial charge on any atom is 0.408 e. The van der Waals surface area contributed by atoms with Crippen molar-refractivity contribution >= 4 is 76.2 Å². The first-order valence-corrected chi connectivity index (χ1v) is 37.4. The van der Waals surface area contributed by atoms with Crippen LogP contribution in [0.5, 0.6) is 46.0 Å². The number of ether oxygens (including phenoxy) is 7. The van der Waals surface area contributed by atoms with Gasteiger partial charge in [-0.25, -0.2) is 9.59 Å². The Morgan fingerprint density at radius 3 is 2.04 bits per heavy atom. The lowest BCUT2D eigenvalue weighted by Crippen LogP contribution is -2.66. The van der Waals surface area contributed by atoms with Crippen LogP contribution in [0.2, 0.25) is 10.0 Å². The lowest BCUT2D eigenvalue weighted by atomic mass is 9.84. The molecule has 112 heavy (non-hydrogen) atoms. The van der Waals surface area contributed by atoms with E-state index in [4.69, 9.17) is 62.1 Å². The zero-order valence-corrected chi connectivity index (χ0v) is 63.0. The van der Waals surface area contributed by atoms with Gasteiger partial charge in [0.15, 0.2) is 47.3 Å². The fourth-order valence-electron chi connectivity index (χ4n) is 15.0. The number of carbonyl (C=O) groups is 9. The number of aliphatic hydroxyl groups excluding tert-OH is 6. The number of amides is 5. The zero-order valence-electron chi connectivity index (χ0n) is 61.5. The summed E-state index contributed by atoms with van der Waals surface area (Å²) in [6, 6.07) is 7.07. The lowest BCUT2D eigenvalue weighted by molar-refractivity contribution is -0.334. The van der Waals surface area contributed by atoms with E-state index in [0.717, 1.165) is 80.3 Å². The van der Waals surface area contributed by atoms with Crippen molar-refractivity contribution in [3.8, 4) is 57.1 Å². The van der Waals surface area contributed by atoms with Crippen LogP contribution in [0.25, 0.3) is 11.1 Å². The van der Waals surface area contributed by atoms with Crippen LogP contribution in [-0.4, -0.2) is 191 Å². The number of fused-ring (bicyclic) bond motifs is 15. The molecule has 5 amide bonds. The predicted octanol–water partition coefficient (Wildman–Crippen LogP) is 5.83. The number of phenols is 3. The van der Waals surface area contributed by atoms with Crippen molar-refractivity contribution in [3.63, 3.8) is 0 Å². The number of phenolic OH excluding ortho intramolecular Hbond substituents is 3. The average Bonchev–Trinajstić information content (AvgIpc) is 0.842. The number of ketones is 3. The molecular weight excluding hydrogens is 1510 g/mol. The van der Waals surface area contributed by atoms with Crippen LogP contribution in [0.3, 0.4) is 0 Å². The molecule has 5 aromatic carbocycles. The summed E-state index contributed by atoms with van der Waals surface area (Å²) in [5.41, 5.74) is 1.80. The molecule has 34 heteroatoms. The minimum absolute atomic E-state index is 0.0599. The zero-order chi connectivity index (χ0) is 81.1. The number of allylic oxidation sites excluding steroid dienone is 1. The number of carbonyl (C=O) groups excluding carboxylic acids is 8. The average molecular weight is 1600 g/mol. The van der Waals surface area contributed by atoms with Crippen molar-refractivity contribution in [1.82, 2.24) is 26.6 Å². The molecule has 19 atom stereocenters. The van der Waals surface area contributed by atoms with Crippen molar-refractivity contribution in [2.75, 3.05) is 13.7 Å². The number of benzene rings is 5. The number of aliphatic carboxylic acids is 1. The third-order valence-electron chi connectivity index (χ3n) is 21.0. The van der Waals surface area contributed by atoms with Gasteiger partial charge in [-0.3, -0.25) is 33.6 Å². The first kappa shape index (κ1) is 83.4. The third-order valence-corrected chi connectivity index (χ3v) is 21.6. The normalized spacial score (nSPS) is 29.6. The number of hydrogen-bond donors (Lipinski definition) is 16. The van der Waals surface area contributed by atoms with Crippen molar-refractivity contribution in [3.05, 3.63) is 129 Å². The monoisotopic (exact) mass is 1600 g/mol. The van der Waals surface area contributed by atoms with E-state index in [0.29, 0.717) is 6.42 Å². The van der Waals surface area contributed by atoms with Gasteiger partial charge >= 0.3 is 12.1 Å². The van der Waals surface area contributed by atoms with Crippen LogP contribution in [0, 0.1) is 17.8 Å². The molecule has 2 saturated heterocycles. The number of carboxylic acid groups (broad SMARTS) is 1. The number of carboxylic acids is 1. The maximum atomic E-state index is 16.3. The molecule has 32 nitrogen and oxygen atoms in total. The summed E-state index contributed by atoms with van der Waals surface area (Å²) in [6.45, 7) is 5.68. The predicted molar refractivity (Wildman–Crippen MR) is 395 cm³/mol. The summed E-state index contributed by atoms with van der Waals surface area (Å²) in [5.74, 6) is -20.4. The van der Waals surface area contributed by atoms with E-state index < -0.39 is 257 Å². The highest BCUT2D eigenvalue weighted by molar-refractivity contribution is 6.32. The number of primary amides is 1. The smallest absolute Gasteiger partial charge is 0.408 e. The number of Topliss-reactive ketones (excluding diaryl/α,β-unsaturated/α-hetero) is 3. The van der Waals surface area contributed by atoms with Gasteiger partial charge in [0.05, 0.1) is 76.8 Å². The maximum absolute atomic E-state index is 16.3.